The molecule has 2 fully saturated rings. The van der Waals surface area contributed by atoms with E-state index in [1.807, 2.05) is 7.05 Å². The number of nitrogens with zero attached hydrogens (tertiary/aromatic N) is 4. The molecule has 0 aromatic carbocycles. The fourth-order valence-corrected chi connectivity index (χ4v) is 3.39. The summed E-state index contributed by atoms with van der Waals surface area (Å²) in [6.45, 7) is 8.17. The van der Waals surface area contributed by atoms with Crippen LogP contribution in [0.25, 0.3) is 0 Å². The second-order valence-corrected chi connectivity index (χ2v) is 5.66. The lowest BCUT2D eigenvalue weighted by Crippen LogP contribution is -2.44. The molecule has 2 aliphatic heterocycles. The summed E-state index contributed by atoms with van der Waals surface area (Å²) >= 11 is 0. The number of ether oxygens (including phenoxy) is 1. The lowest BCUT2D eigenvalue weighted by Gasteiger charge is -2.32. The van der Waals surface area contributed by atoms with Crippen LogP contribution in [0.4, 0.5) is 11.6 Å². The SMILES string of the molecule is CCc1c(NC)ncnc1N1CCC(N2CCOCC2)C1. The van der Waals surface area contributed by atoms with Crippen LogP contribution in [0.3, 0.4) is 0 Å². The summed E-state index contributed by atoms with van der Waals surface area (Å²) < 4.78 is 5.45. The number of hydrogen-bond acceptors (Lipinski definition) is 6. The van der Waals surface area contributed by atoms with Gasteiger partial charge in [-0.15, -0.1) is 0 Å². The predicted octanol–water partition coefficient (Wildman–Crippen LogP) is 0.992. The van der Waals surface area contributed by atoms with Gasteiger partial charge in [-0.05, 0) is 12.8 Å². The van der Waals surface area contributed by atoms with Crippen molar-refractivity contribution in [3.8, 4) is 0 Å². The summed E-state index contributed by atoms with van der Waals surface area (Å²) in [5, 5.41) is 3.18. The highest BCUT2D eigenvalue weighted by Crippen LogP contribution is 2.28. The summed E-state index contributed by atoms with van der Waals surface area (Å²) in [6.07, 6.45) is 3.83. The fraction of sp³-hybridized carbons (Fsp3) is 0.733. The lowest BCUT2D eigenvalue weighted by molar-refractivity contribution is 0.0209. The number of aromatic nitrogens is 2. The Morgan fingerprint density at radius 2 is 2.10 bits per heavy atom. The molecule has 1 aromatic rings. The van der Waals surface area contributed by atoms with Crippen molar-refractivity contribution >= 4 is 11.6 Å². The molecule has 3 heterocycles. The van der Waals surface area contributed by atoms with Gasteiger partial charge in [0.15, 0.2) is 0 Å². The van der Waals surface area contributed by atoms with Crippen LogP contribution in [0.1, 0.15) is 18.9 Å². The standard InChI is InChI=1S/C15H25N5O/c1-3-13-14(16-2)17-11-18-15(13)20-5-4-12(10-20)19-6-8-21-9-7-19/h11-12H,3-10H2,1-2H3,(H,16,17,18). The normalized spacial score (nSPS) is 23.5. The van der Waals surface area contributed by atoms with E-state index < -0.39 is 0 Å². The molecule has 0 aliphatic carbocycles. The van der Waals surface area contributed by atoms with Gasteiger partial charge >= 0.3 is 0 Å². The van der Waals surface area contributed by atoms with E-state index in [0.29, 0.717) is 6.04 Å². The number of nitrogens with one attached hydrogen (secondary N) is 1. The Bertz CT molecular complexity index is 475. The van der Waals surface area contributed by atoms with Gasteiger partial charge in [-0.25, -0.2) is 9.97 Å². The topological polar surface area (TPSA) is 53.5 Å². The van der Waals surface area contributed by atoms with Crippen molar-refractivity contribution in [3.63, 3.8) is 0 Å². The third kappa shape index (κ3) is 2.96. The van der Waals surface area contributed by atoms with E-state index in [0.717, 1.165) is 57.4 Å². The number of anilines is 2. The minimum absolute atomic E-state index is 0.631. The molecule has 3 rings (SSSR count). The first-order valence-electron chi connectivity index (χ1n) is 7.91. The van der Waals surface area contributed by atoms with E-state index >= 15 is 0 Å². The Kier molecular flexibility index (Phi) is 4.55. The van der Waals surface area contributed by atoms with E-state index in [4.69, 9.17) is 4.74 Å². The average molecular weight is 291 g/mol. The van der Waals surface area contributed by atoms with Gasteiger partial charge in [-0.2, -0.15) is 0 Å². The molecule has 0 amide bonds. The van der Waals surface area contributed by atoms with Crippen LogP contribution in [-0.2, 0) is 11.2 Å². The Labute approximate surface area is 126 Å². The number of hydrogen-bond donors (Lipinski definition) is 1. The van der Waals surface area contributed by atoms with E-state index in [1.165, 1.54) is 12.0 Å². The van der Waals surface area contributed by atoms with Gasteiger partial charge in [0.1, 0.15) is 18.0 Å². The highest BCUT2D eigenvalue weighted by atomic mass is 16.5. The Morgan fingerprint density at radius 3 is 2.81 bits per heavy atom. The summed E-state index contributed by atoms with van der Waals surface area (Å²) in [5.74, 6) is 2.06. The van der Waals surface area contributed by atoms with Crippen molar-refractivity contribution in [2.24, 2.45) is 0 Å². The smallest absolute Gasteiger partial charge is 0.137 e. The van der Waals surface area contributed by atoms with Gasteiger partial charge in [0.05, 0.1) is 13.2 Å². The van der Waals surface area contributed by atoms with E-state index in [-0.39, 0.29) is 0 Å². The fourth-order valence-electron chi connectivity index (χ4n) is 3.39. The van der Waals surface area contributed by atoms with Crippen LogP contribution >= 0.6 is 0 Å². The maximum absolute atomic E-state index is 5.45. The monoisotopic (exact) mass is 291 g/mol. The van der Waals surface area contributed by atoms with Gasteiger partial charge in [-0.3, -0.25) is 4.90 Å². The molecule has 0 saturated carbocycles. The second kappa shape index (κ2) is 6.58. The highest BCUT2D eigenvalue weighted by Gasteiger charge is 2.30. The summed E-state index contributed by atoms with van der Waals surface area (Å²) in [6, 6.07) is 0.631. The average Bonchev–Trinajstić information content (AvgIpc) is 3.04. The summed E-state index contributed by atoms with van der Waals surface area (Å²) in [7, 11) is 1.92. The highest BCUT2D eigenvalue weighted by molar-refractivity contribution is 5.59. The molecule has 0 spiro atoms. The van der Waals surface area contributed by atoms with Gasteiger partial charge in [-0.1, -0.05) is 6.92 Å². The third-order valence-corrected chi connectivity index (χ3v) is 4.54. The summed E-state index contributed by atoms with van der Waals surface area (Å²) in [4.78, 5) is 13.9. The van der Waals surface area contributed by atoms with Gasteiger partial charge in [0.2, 0.25) is 0 Å². The van der Waals surface area contributed by atoms with Crippen molar-refractivity contribution in [1.29, 1.82) is 0 Å². The molecule has 0 bridgehead atoms. The molecule has 1 aromatic heterocycles. The van der Waals surface area contributed by atoms with Crippen molar-refractivity contribution < 1.29 is 4.74 Å². The molecule has 1 N–H and O–H groups in total. The van der Waals surface area contributed by atoms with Crippen molar-refractivity contribution in [1.82, 2.24) is 14.9 Å². The van der Waals surface area contributed by atoms with E-state index in [9.17, 15) is 0 Å². The Balaban J connectivity index is 1.73. The van der Waals surface area contributed by atoms with Crippen molar-refractivity contribution in [2.45, 2.75) is 25.8 Å². The molecule has 1 unspecified atom stereocenters. The summed E-state index contributed by atoms with van der Waals surface area (Å²) in [5.41, 5.74) is 1.22. The zero-order valence-electron chi connectivity index (χ0n) is 13.0. The zero-order chi connectivity index (χ0) is 14.7. The van der Waals surface area contributed by atoms with Crippen LogP contribution in [0.15, 0.2) is 6.33 Å². The minimum Gasteiger partial charge on any atom is -0.379 e. The largest absolute Gasteiger partial charge is 0.379 e. The van der Waals surface area contributed by atoms with Crippen LogP contribution in [0, 0.1) is 0 Å². The van der Waals surface area contributed by atoms with Crippen LogP contribution in [0.5, 0.6) is 0 Å². The number of rotatable bonds is 4. The van der Waals surface area contributed by atoms with E-state index in [1.54, 1.807) is 6.33 Å². The third-order valence-electron chi connectivity index (χ3n) is 4.54. The minimum atomic E-state index is 0.631. The molecular weight excluding hydrogens is 266 g/mol. The second-order valence-electron chi connectivity index (χ2n) is 5.66. The predicted molar refractivity (Wildman–Crippen MR) is 84.0 cm³/mol. The van der Waals surface area contributed by atoms with Gasteiger partial charge in [0.25, 0.3) is 0 Å². The molecule has 116 valence electrons. The van der Waals surface area contributed by atoms with Gasteiger partial charge in [0, 0.05) is 44.8 Å². The van der Waals surface area contributed by atoms with Crippen molar-refractivity contribution in [2.75, 3.05) is 56.7 Å². The molecule has 6 nitrogen and oxygen atoms in total. The van der Waals surface area contributed by atoms with Crippen LogP contribution < -0.4 is 10.2 Å². The molecule has 2 aliphatic rings. The first kappa shape index (κ1) is 14.5. The van der Waals surface area contributed by atoms with Crippen LogP contribution in [0.2, 0.25) is 0 Å². The molecular formula is C15H25N5O. The molecule has 6 heteroatoms. The van der Waals surface area contributed by atoms with Crippen LogP contribution in [-0.4, -0.2) is 67.4 Å². The van der Waals surface area contributed by atoms with Crippen molar-refractivity contribution in [3.05, 3.63) is 11.9 Å². The lowest BCUT2D eigenvalue weighted by atomic mass is 10.2. The Hall–Kier alpha value is -1.40. The van der Waals surface area contributed by atoms with Gasteiger partial charge < -0.3 is 15.0 Å². The Morgan fingerprint density at radius 1 is 1.29 bits per heavy atom. The maximum Gasteiger partial charge on any atom is 0.137 e. The first-order chi connectivity index (χ1) is 10.3. The molecule has 0 radical (unpaired) electrons. The quantitative estimate of drug-likeness (QED) is 0.893. The zero-order valence-corrected chi connectivity index (χ0v) is 13.0. The maximum atomic E-state index is 5.45. The number of morpholine rings is 1. The first-order valence-corrected chi connectivity index (χ1v) is 7.91. The molecule has 21 heavy (non-hydrogen) atoms. The molecule has 1 atom stereocenters. The van der Waals surface area contributed by atoms with E-state index in [2.05, 4.69) is 32.0 Å². The molecule has 2 saturated heterocycles.